The van der Waals surface area contributed by atoms with E-state index in [1.165, 1.54) is 10.4 Å². The minimum absolute atomic E-state index is 0.598. The molecule has 1 aromatic carbocycles. The fraction of sp³-hybridized carbons (Fsp3) is 0.286. The maximum atomic E-state index is 5.84. The van der Waals surface area contributed by atoms with Crippen LogP contribution in [-0.2, 0) is 13.2 Å². The van der Waals surface area contributed by atoms with Gasteiger partial charge in [-0.05, 0) is 57.7 Å². The monoisotopic (exact) mass is 403 g/mol. The molecule has 0 saturated carbocycles. The third-order valence-corrected chi connectivity index (χ3v) is 5.32. The highest BCUT2D eigenvalue weighted by molar-refractivity contribution is 9.10. The average molecular weight is 405 g/mol. The predicted octanol–water partition coefficient (Wildman–Crippen LogP) is 4.96. The summed E-state index contributed by atoms with van der Waals surface area (Å²) < 4.78 is 8.06. The molecule has 2 rings (SSSR count). The lowest BCUT2D eigenvalue weighted by atomic mass is 10.2. The van der Waals surface area contributed by atoms with Crippen molar-refractivity contribution >= 4 is 43.2 Å². The molecule has 1 heterocycles. The minimum Gasteiger partial charge on any atom is -0.488 e. The topological polar surface area (TPSA) is 21.3 Å². The molecule has 0 fully saturated rings. The molecule has 102 valence electrons. The van der Waals surface area contributed by atoms with Crippen LogP contribution in [0.25, 0.3) is 0 Å². The highest BCUT2D eigenvalue weighted by atomic mass is 79.9. The summed E-state index contributed by atoms with van der Waals surface area (Å²) in [5.74, 6) is 0.899. The molecule has 0 aliphatic carbocycles. The Labute approximate surface area is 134 Å². The number of nitrogens with one attached hydrogen (secondary N) is 1. The van der Waals surface area contributed by atoms with E-state index in [2.05, 4.69) is 55.5 Å². The molecule has 0 radical (unpaired) electrons. The maximum Gasteiger partial charge on any atom is 0.124 e. The Morgan fingerprint density at radius 3 is 2.74 bits per heavy atom. The SMILES string of the molecule is CCNCc1cc(OCc2sccc2Br)ccc1Br. The number of ether oxygens (including phenoxy) is 1. The summed E-state index contributed by atoms with van der Waals surface area (Å²) >= 11 is 8.77. The molecule has 19 heavy (non-hydrogen) atoms. The molecule has 0 atom stereocenters. The molecule has 0 amide bonds. The molecule has 1 N–H and O–H groups in total. The summed E-state index contributed by atoms with van der Waals surface area (Å²) in [5, 5.41) is 5.38. The lowest BCUT2D eigenvalue weighted by Crippen LogP contribution is -2.12. The number of hydrogen-bond acceptors (Lipinski definition) is 3. The Morgan fingerprint density at radius 2 is 2.05 bits per heavy atom. The average Bonchev–Trinajstić information content (AvgIpc) is 2.82. The van der Waals surface area contributed by atoms with Crippen LogP contribution in [0.1, 0.15) is 17.4 Å². The summed E-state index contributed by atoms with van der Waals surface area (Å²) in [6.07, 6.45) is 0. The first kappa shape index (κ1) is 15.0. The van der Waals surface area contributed by atoms with Crippen LogP contribution in [0.3, 0.4) is 0 Å². The number of rotatable bonds is 6. The second-order valence-corrected chi connectivity index (χ2v) is 6.72. The molecule has 1 aromatic heterocycles. The summed E-state index contributed by atoms with van der Waals surface area (Å²) in [6.45, 7) is 4.50. The zero-order chi connectivity index (χ0) is 13.7. The third-order valence-electron chi connectivity index (χ3n) is 2.64. The first-order chi connectivity index (χ1) is 9.20. The van der Waals surface area contributed by atoms with Gasteiger partial charge in [-0.2, -0.15) is 0 Å². The van der Waals surface area contributed by atoms with Crippen LogP contribution in [0, 0.1) is 0 Å². The van der Waals surface area contributed by atoms with E-state index in [9.17, 15) is 0 Å². The van der Waals surface area contributed by atoms with E-state index in [1.807, 2.05) is 18.2 Å². The Balaban J connectivity index is 2.02. The lowest BCUT2D eigenvalue weighted by Gasteiger charge is -2.10. The highest BCUT2D eigenvalue weighted by Crippen LogP contribution is 2.26. The van der Waals surface area contributed by atoms with Crippen molar-refractivity contribution in [3.8, 4) is 5.75 Å². The van der Waals surface area contributed by atoms with Gasteiger partial charge in [-0.25, -0.2) is 0 Å². The molecule has 5 heteroatoms. The van der Waals surface area contributed by atoms with Gasteiger partial charge < -0.3 is 10.1 Å². The Bertz CT molecular complexity index is 542. The Hall–Kier alpha value is -0.360. The van der Waals surface area contributed by atoms with Gasteiger partial charge in [-0.15, -0.1) is 11.3 Å². The standard InChI is InChI=1S/C14H15Br2NOS/c1-2-17-8-10-7-11(3-4-12(10)15)18-9-14-13(16)5-6-19-14/h3-7,17H,2,8-9H2,1H3. The van der Waals surface area contributed by atoms with Crippen LogP contribution >= 0.6 is 43.2 Å². The van der Waals surface area contributed by atoms with Gasteiger partial charge in [-0.1, -0.05) is 22.9 Å². The van der Waals surface area contributed by atoms with Gasteiger partial charge in [0.05, 0.1) is 4.88 Å². The van der Waals surface area contributed by atoms with Crippen molar-refractivity contribution in [2.75, 3.05) is 6.54 Å². The fourth-order valence-electron chi connectivity index (χ4n) is 1.61. The molecule has 0 aliphatic heterocycles. The van der Waals surface area contributed by atoms with Crippen molar-refractivity contribution in [1.82, 2.24) is 5.32 Å². The van der Waals surface area contributed by atoms with Crippen LogP contribution in [0.15, 0.2) is 38.6 Å². The summed E-state index contributed by atoms with van der Waals surface area (Å²) in [4.78, 5) is 1.20. The number of halogens is 2. The summed E-state index contributed by atoms with van der Waals surface area (Å²) in [5.41, 5.74) is 1.21. The van der Waals surface area contributed by atoms with Gasteiger partial charge in [0.2, 0.25) is 0 Å². The smallest absolute Gasteiger partial charge is 0.124 e. The van der Waals surface area contributed by atoms with Crippen LogP contribution in [0.4, 0.5) is 0 Å². The molecular weight excluding hydrogens is 390 g/mol. The number of hydrogen-bond donors (Lipinski definition) is 1. The van der Waals surface area contributed by atoms with E-state index in [0.717, 1.165) is 27.8 Å². The zero-order valence-corrected chi connectivity index (χ0v) is 14.6. The lowest BCUT2D eigenvalue weighted by molar-refractivity contribution is 0.308. The van der Waals surface area contributed by atoms with Crippen LogP contribution in [0.5, 0.6) is 5.75 Å². The quantitative estimate of drug-likeness (QED) is 0.734. The molecule has 0 bridgehead atoms. The van der Waals surface area contributed by atoms with E-state index < -0.39 is 0 Å². The number of benzene rings is 1. The normalized spacial score (nSPS) is 10.7. The van der Waals surface area contributed by atoms with Crippen molar-refractivity contribution < 1.29 is 4.74 Å². The highest BCUT2D eigenvalue weighted by Gasteiger charge is 2.05. The first-order valence-corrected chi connectivity index (χ1v) is 8.51. The van der Waals surface area contributed by atoms with E-state index in [4.69, 9.17) is 4.74 Å². The predicted molar refractivity (Wildman–Crippen MR) is 87.9 cm³/mol. The molecule has 0 unspecified atom stereocenters. The van der Waals surface area contributed by atoms with Gasteiger partial charge in [0.15, 0.2) is 0 Å². The van der Waals surface area contributed by atoms with E-state index >= 15 is 0 Å². The van der Waals surface area contributed by atoms with Crippen molar-refractivity contribution in [3.05, 3.63) is 49.0 Å². The van der Waals surface area contributed by atoms with E-state index in [1.54, 1.807) is 11.3 Å². The van der Waals surface area contributed by atoms with E-state index in [0.29, 0.717) is 6.61 Å². The molecule has 2 aromatic rings. The molecule has 0 spiro atoms. The molecule has 2 nitrogen and oxygen atoms in total. The van der Waals surface area contributed by atoms with Crippen LogP contribution in [0.2, 0.25) is 0 Å². The summed E-state index contributed by atoms with van der Waals surface area (Å²) in [6, 6.07) is 8.14. The first-order valence-electron chi connectivity index (χ1n) is 6.04. The fourth-order valence-corrected chi connectivity index (χ4v) is 3.38. The largest absolute Gasteiger partial charge is 0.488 e. The van der Waals surface area contributed by atoms with Crippen LogP contribution in [-0.4, -0.2) is 6.54 Å². The second-order valence-electron chi connectivity index (χ2n) is 4.01. The van der Waals surface area contributed by atoms with Crippen molar-refractivity contribution in [3.63, 3.8) is 0 Å². The van der Waals surface area contributed by atoms with Gasteiger partial charge in [0, 0.05) is 15.5 Å². The zero-order valence-electron chi connectivity index (χ0n) is 10.6. The van der Waals surface area contributed by atoms with Crippen LogP contribution < -0.4 is 10.1 Å². The molecule has 0 saturated heterocycles. The van der Waals surface area contributed by atoms with Crippen molar-refractivity contribution in [2.45, 2.75) is 20.1 Å². The Morgan fingerprint density at radius 1 is 1.21 bits per heavy atom. The van der Waals surface area contributed by atoms with E-state index in [-0.39, 0.29) is 0 Å². The maximum absolute atomic E-state index is 5.84. The van der Waals surface area contributed by atoms with Crippen molar-refractivity contribution in [2.24, 2.45) is 0 Å². The minimum atomic E-state index is 0.598. The van der Waals surface area contributed by atoms with Gasteiger partial charge in [-0.3, -0.25) is 0 Å². The molecular formula is C14H15Br2NOS. The van der Waals surface area contributed by atoms with Gasteiger partial charge >= 0.3 is 0 Å². The second kappa shape index (κ2) is 7.43. The third kappa shape index (κ3) is 4.31. The Kier molecular flexibility index (Phi) is 5.88. The summed E-state index contributed by atoms with van der Waals surface area (Å²) in [7, 11) is 0. The van der Waals surface area contributed by atoms with Gasteiger partial charge in [0.25, 0.3) is 0 Å². The number of thiophene rings is 1. The van der Waals surface area contributed by atoms with Gasteiger partial charge in [0.1, 0.15) is 12.4 Å². The molecule has 0 aliphatic rings. The van der Waals surface area contributed by atoms with Crippen molar-refractivity contribution in [1.29, 1.82) is 0 Å².